The Morgan fingerprint density at radius 1 is 1.57 bits per heavy atom. The Balaban J connectivity index is 3.71. The molecule has 84 valence electrons. The van der Waals surface area contributed by atoms with Crippen molar-refractivity contribution in [3.63, 3.8) is 0 Å². The molecule has 4 nitrogen and oxygen atoms in total. The predicted molar refractivity (Wildman–Crippen MR) is 56.7 cm³/mol. The fourth-order valence-electron chi connectivity index (χ4n) is 1.20. The van der Waals surface area contributed by atoms with Gasteiger partial charge < -0.3 is 16.2 Å². The molecule has 14 heavy (non-hydrogen) atoms. The molecule has 4 N–H and O–H groups in total. The van der Waals surface area contributed by atoms with Gasteiger partial charge in [0, 0.05) is 25.6 Å². The lowest BCUT2D eigenvalue weighted by molar-refractivity contribution is -0.125. The fraction of sp³-hybridized carbons (Fsp3) is 0.900. The molecule has 0 aromatic rings. The van der Waals surface area contributed by atoms with E-state index in [0.29, 0.717) is 19.0 Å². The first-order valence-electron chi connectivity index (χ1n) is 5.24. The van der Waals surface area contributed by atoms with Gasteiger partial charge in [-0.05, 0) is 18.8 Å². The van der Waals surface area contributed by atoms with E-state index in [9.17, 15) is 4.79 Å². The molecule has 0 aliphatic heterocycles. The summed E-state index contributed by atoms with van der Waals surface area (Å²) in [4.78, 5) is 11.5. The smallest absolute Gasteiger partial charge is 0.224 e. The summed E-state index contributed by atoms with van der Waals surface area (Å²) in [5, 5.41) is 11.5. The van der Waals surface area contributed by atoms with E-state index in [1.165, 1.54) is 0 Å². The summed E-state index contributed by atoms with van der Waals surface area (Å²) in [5.74, 6) is 0.273. The van der Waals surface area contributed by atoms with Crippen LogP contribution in [0, 0.1) is 11.8 Å². The van der Waals surface area contributed by atoms with E-state index in [0.717, 1.165) is 12.8 Å². The van der Waals surface area contributed by atoms with Gasteiger partial charge in [-0.25, -0.2) is 0 Å². The van der Waals surface area contributed by atoms with Gasteiger partial charge in [-0.1, -0.05) is 13.8 Å². The van der Waals surface area contributed by atoms with Gasteiger partial charge in [0.15, 0.2) is 0 Å². The predicted octanol–water partition coefficient (Wildman–Crippen LogP) is 0.106. The van der Waals surface area contributed by atoms with Crippen LogP contribution in [0.1, 0.15) is 26.7 Å². The monoisotopic (exact) mass is 202 g/mol. The largest absolute Gasteiger partial charge is 0.396 e. The van der Waals surface area contributed by atoms with Crippen LogP contribution in [0.2, 0.25) is 0 Å². The Hall–Kier alpha value is -0.610. The number of aliphatic hydroxyl groups excluding tert-OH is 1. The number of nitrogens with one attached hydrogen (secondary N) is 1. The average molecular weight is 202 g/mol. The average Bonchev–Trinajstić information content (AvgIpc) is 2.17. The second-order valence-corrected chi connectivity index (χ2v) is 3.70. The first-order valence-corrected chi connectivity index (χ1v) is 5.24. The molecule has 0 heterocycles. The van der Waals surface area contributed by atoms with Crippen LogP contribution in [-0.4, -0.2) is 30.7 Å². The second kappa shape index (κ2) is 7.76. The third-order valence-electron chi connectivity index (χ3n) is 2.39. The van der Waals surface area contributed by atoms with Crippen molar-refractivity contribution in [1.29, 1.82) is 0 Å². The minimum atomic E-state index is -0.0728. The molecule has 0 radical (unpaired) electrons. The van der Waals surface area contributed by atoms with Crippen molar-refractivity contribution in [1.82, 2.24) is 5.32 Å². The van der Waals surface area contributed by atoms with Crippen LogP contribution in [-0.2, 0) is 4.79 Å². The van der Waals surface area contributed by atoms with E-state index < -0.39 is 0 Å². The summed E-state index contributed by atoms with van der Waals surface area (Å²) < 4.78 is 0. The van der Waals surface area contributed by atoms with E-state index in [2.05, 4.69) is 5.32 Å². The number of carbonyl (C=O) groups excluding carboxylic acids is 1. The van der Waals surface area contributed by atoms with Crippen LogP contribution in [0.4, 0.5) is 0 Å². The molecule has 0 fully saturated rings. The van der Waals surface area contributed by atoms with Gasteiger partial charge in [0.05, 0.1) is 0 Å². The quantitative estimate of drug-likeness (QED) is 0.548. The van der Waals surface area contributed by atoms with Crippen molar-refractivity contribution >= 4 is 5.91 Å². The zero-order valence-corrected chi connectivity index (χ0v) is 9.12. The minimum Gasteiger partial charge on any atom is -0.396 e. The third-order valence-corrected chi connectivity index (χ3v) is 2.39. The lowest BCUT2D eigenvalue weighted by Crippen LogP contribution is -2.37. The van der Waals surface area contributed by atoms with Crippen LogP contribution in [0.5, 0.6) is 0 Å². The minimum absolute atomic E-state index is 0.0276. The van der Waals surface area contributed by atoms with Gasteiger partial charge >= 0.3 is 0 Å². The topological polar surface area (TPSA) is 75.4 Å². The van der Waals surface area contributed by atoms with Crippen LogP contribution in [0.15, 0.2) is 0 Å². The highest BCUT2D eigenvalue weighted by Crippen LogP contribution is 2.02. The van der Waals surface area contributed by atoms with E-state index >= 15 is 0 Å². The third kappa shape index (κ3) is 5.19. The summed E-state index contributed by atoms with van der Waals surface area (Å²) in [6.45, 7) is 5.14. The van der Waals surface area contributed by atoms with E-state index in [1.54, 1.807) is 0 Å². The molecule has 0 saturated carbocycles. The molecule has 0 aliphatic carbocycles. The Bertz CT molecular complexity index is 158. The molecular formula is C10H22N2O2. The molecule has 0 spiro atoms. The van der Waals surface area contributed by atoms with Gasteiger partial charge in [0.2, 0.25) is 5.91 Å². The van der Waals surface area contributed by atoms with Crippen molar-refractivity contribution < 1.29 is 9.90 Å². The molecule has 0 aliphatic rings. The summed E-state index contributed by atoms with van der Waals surface area (Å²) in [6, 6.07) is 0. The second-order valence-electron chi connectivity index (χ2n) is 3.70. The molecule has 0 aromatic heterocycles. The number of aliphatic hydroxyl groups is 1. The van der Waals surface area contributed by atoms with Crippen LogP contribution >= 0.6 is 0 Å². The number of amides is 1. The highest BCUT2D eigenvalue weighted by atomic mass is 16.3. The van der Waals surface area contributed by atoms with Gasteiger partial charge in [0.25, 0.3) is 0 Å². The van der Waals surface area contributed by atoms with Crippen LogP contribution < -0.4 is 11.1 Å². The molecule has 0 bridgehead atoms. The SMILES string of the molecule is CCC(CN)C(=O)NCC(C)CCO. The maximum atomic E-state index is 11.5. The van der Waals surface area contributed by atoms with Crippen molar-refractivity contribution in [2.45, 2.75) is 26.7 Å². The summed E-state index contributed by atoms with van der Waals surface area (Å²) in [6.07, 6.45) is 1.50. The Labute approximate surface area is 85.9 Å². The molecule has 2 atom stereocenters. The Morgan fingerprint density at radius 3 is 2.64 bits per heavy atom. The Kier molecular flexibility index (Phi) is 7.42. The van der Waals surface area contributed by atoms with Gasteiger partial charge in [0.1, 0.15) is 0 Å². The van der Waals surface area contributed by atoms with Crippen molar-refractivity contribution in [3.05, 3.63) is 0 Å². The maximum absolute atomic E-state index is 11.5. The van der Waals surface area contributed by atoms with Gasteiger partial charge in [-0.15, -0.1) is 0 Å². The van der Waals surface area contributed by atoms with E-state index in [-0.39, 0.29) is 18.4 Å². The number of hydrogen-bond acceptors (Lipinski definition) is 3. The lowest BCUT2D eigenvalue weighted by atomic mass is 10.0. The molecular weight excluding hydrogens is 180 g/mol. The zero-order chi connectivity index (χ0) is 11.0. The molecule has 0 saturated heterocycles. The van der Waals surface area contributed by atoms with E-state index in [1.807, 2.05) is 13.8 Å². The molecule has 0 rings (SSSR count). The first-order chi connectivity index (χ1) is 6.65. The number of rotatable bonds is 7. The lowest BCUT2D eigenvalue weighted by Gasteiger charge is -2.15. The summed E-state index contributed by atoms with van der Waals surface area (Å²) in [5.41, 5.74) is 5.45. The van der Waals surface area contributed by atoms with Crippen molar-refractivity contribution in [2.24, 2.45) is 17.6 Å². The summed E-state index contributed by atoms with van der Waals surface area (Å²) in [7, 11) is 0. The fourth-order valence-corrected chi connectivity index (χ4v) is 1.20. The van der Waals surface area contributed by atoms with Crippen molar-refractivity contribution in [2.75, 3.05) is 19.7 Å². The van der Waals surface area contributed by atoms with Crippen molar-refractivity contribution in [3.8, 4) is 0 Å². The summed E-state index contributed by atoms with van der Waals surface area (Å²) >= 11 is 0. The van der Waals surface area contributed by atoms with Gasteiger partial charge in [-0.2, -0.15) is 0 Å². The maximum Gasteiger partial charge on any atom is 0.224 e. The molecule has 2 unspecified atom stereocenters. The molecule has 1 amide bonds. The number of carbonyl (C=O) groups is 1. The molecule has 0 aromatic carbocycles. The van der Waals surface area contributed by atoms with Gasteiger partial charge in [-0.3, -0.25) is 4.79 Å². The standard InChI is InChI=1S/C10H22N2O2/c1-3-9(6-11)10(14)12-7-8(2)4-5-13/h8-9,13H,3-7,11H2,1-2H3,(H,12,14). The normalized spacial score (nSPS) is 14.9. The van der Waals surface area contributed by atoms with Crippen LogP contribution in [0.25, 0.3) is 0 Å². The highest BCUT2D eigenvalue weighted by Gasteiger charge is 2.14. The van der Waals surface area contributed by atoms with Crippen LogP contribution in [0.3, 0.4) is 0 Å². The number of hydrogen-bond donors (Lipinski definition) is 3. The Morgan fingerprint density at radius 2 is 2.21 bits per heavy atom. The first kappa shape index (κ1) is 13.4. The van der Waals surface area contributed by atoms with E-state index in [4.69, 9.17) is 10.8 Å². The molecule has 4 heteroatoms. The highest BCUT2D eigenvalue weighted by molar-refractivity contribution is 5.78. The number of nitrogens with two attached hydrogens (primary N) is 1. The zero-order valence-electron chi connectivity index (χ0n) is 9.12.